The van der Waals surface area contributed by atoms with Gasteiger partial charge < -0.3 is 5.73 Å². The van der Waals surface area contributed by atoms with Gasteiger partial charge in [-0.3, -0.25) is 4.90 Å². The third-order valence-electron chi connectivity index (χ3n) is 2.65. The van der Waals surface area contributed by atoms with Gasteiger partial charge in [0.15, 0.2) is 0 Å². The Morgan fingerprint density at radius 1 is 1.69 bits per heavy atom. The van der Waals surface area contributed by atoms with Crippen LogP contribution in [0, 0.1) is 11.3 Å². The van der Waals surface area contributed by atoms with Crippen molar-refractivity contribution in [3.8, 4) is 6.07 Å². The highest BCUT2D eigenvalue weighted by atomic mass is 32.2. The molecule has 1 aromatic rings. The minimum absolute atomic E-state index is 0.203. The molecule has 1 saturated heterocycles. The van der Waals surface area contributed by atoms with E-state index >= 15 is 0 Å². The van der Waals surface area contributed by atoms with E-state index in [1.807, 2.05) is 17.8 Å². The van der Waals surface area contributed by atoms with Crippen molar-refractivity contribution in [3.63, 3.8) is 0 Å². The van der Waals surface area contributed by atoms with E-state index in [2.05, 4.69) is 21.9 Å². The zero-order valence-corrected chi connectivity index (χ0v) is 9.87. The van der Waals surface area contributed by atoms with Crippen LogP contribution in [0.5, 0.6) is 0 Å². The molecule has 0 radical (unpaired) electrons. The zero-order valence-electron chi connectivity index (χ0n) is 9.05. The minimum Gasteiger partial charge on any atom is -0.382 e. The van der Waals surface area contributed by atoms with Crippen LogP contribution in [0.3, 0.4) is 0 Å². The first-order chi connectivity index (χ1) is 7.72. The van der Waals surface area contributed by atoms with Crippen LogP contribution in [0.15, 0.2) is 6.20 Å². The van der Waals surface area contributed by atoms with Gasteiger partial charge in [0.05, 0.1) is 12.2 Å². The summed E-state index contributed by atoms with van der Waals surface area (Å²) in [5.74, 6) is 3.10. The Morgan fingerprint density at radius 2 is 2.50 bits per heavy atom. The molecule has 0 saturated carbocycles. The smallest absolute Gasteiger partial charge is 0.148 e. The first-order valence-electron chi connectivity index (χ1n) is 5.03. The molecular weight excluding hydrogens is 222 g/mol. The number of hydrogen-bond donors (Lipinski definition) is 1. The Balaban J connectivity index is 2.27. The van der Waals surface area contributed by atoms with E-state index < -0.39 is 0 Å². The summed E-state index contributed by atoms with van der Waals surface area (Å²) in [6, 6.07) is 2.17. The molecule has 0 spiro atoms. The van der Waals surface area contributed by atoms with Crippen LogP contribution < -0.4 is 5.73 Å². The van der Waals surface area contributed by atoms with E-state index in [9.17, 15) is 0 Å². The quantitative estimate of drug-likeness (QED) is 0.770. The second kappa shape index (κ2) is 4.68. The minimum atomic E-state index is 0.203. The maximum absolute atomic E-state index is 8.75. The second-order valence-electron chi connectivity index (χ2n) is 3.71. The van der Waals surface area contributed by atoms with Gasteiger partial charge in [-0.1, -0.05) is 0 Å². The highest BCUT2D eigenvalue weighted by molar-refractivity contribution is 7.99. The highest BCUT2D eigenvalue weighted by Crippen LogP contribution is 2.26. The largest absolute Gasteiger partial charge is 0.382 e. The number of rotatable bonds is 1. The lowest BCUT2D eigenvalue weighted by atomic mass is 10.2. The van der Waals surface area contributed by atoms with Gasteiger partial charge >= 0.3 is 0 Å². The van der Waals surface area contributed by atoms with Gasteiger partial charge in [0.1, 0.15) is 23.3 Å². The molecule has 1 aliphatic rings. The van der Waals surface area contributed by atoms with E-state index in [0.29, 0.717) is 11.4 Å². The van der Waals surface area contributed by atoms with Gasteiger partial charge in [-0.2, -0.15) is 17.0 Å². The summed E-state index contributed by atoms with van der Waals surface area (Å²) < 4.78 is 0. The molecule has 2 rings (SSSR count). The molecule has 0 aliphatic carbocycles. The number of nitriles is 1. The van der Waals surface area contributed by atoms with Crippen molar-refractivity contribution < 1.29 is 0 Å². The van der Waals surface area contributed by atoms with Crippen molar-refractivity contribution in [2.75, 3.05) is 30.8 Å². The first kappa shape index (κ1) is 11.2. The number of aromatic nitrogens is 2. The summed E-state index contributed by atoms with van der Waals surface area (Å²) in [4.78, 5) is 10.6. The summed E-state index contributed by atoms with van der Waals surface area (Å²) in [5, 5.41) is 8.75. The van der Waals surface area contributed by atoms with Crippen LogP contribution in [-0.4, -0.2) is 40.0 Å². The summed E-state index contributed by atoms with van der Waals surface area (Å²) in [5.41, 5.74) is 6.03. The average Bonchev–Trinajstić information content (AvgIpc) is 2.29. The van der Waals surface area contributed by atoms with Crippen LogP contribution >= 0.6 is 11.8 Å². The Morgan fingerprint density at radius 3 is 3.12 bits per heavy atom. The Labute approximate surface area is 98.7 Å². The SMILES string of the molecule is CN1CCSCC1c1ncc(C#N)c(N)n1. The average molecular weight is 235 g/mol. The van der Waals surface area contributed by atoms with Crippen LogP contribution in [0.1, 0.15) is 17.4 Å². The number of nitrogens with zero attached hydrogens (tertiary/aromatic N) is 4. The number of anilines is 1. The molecule has 5 nitrogen and oxygen atoms in total. The Hall–Kier alpha value is -1.32. The molecule has 16 heavy (non-hydrogen) atoms. The number of nitrogens with two attached hydrogens (primary N) is 1. The van der Waals surface area contributed by atoms with Gasteiger partial charge in [-0.25, -0.2) is 9.97 Å². The molecule has 2 N–H and O–H groups in total. The van der Waals surface area contributed by atoms with E-state index in [-0.39, 0.29) is 11.9 Å². The molecule has 0 amide bonds. The predicted molar refractivity (Wildman–Crippen MR) is 63.9 cm³/mol. The highest BCUT2D eigenvalue weighted by Gasteiger charge is 2.23. The van der Waals surface area contributed by atoms with Crippen molar-refractivity contribution in [1.29, 1.82) is 5.26 Å². The van der Waals surface area contributed by atoms with Gasteiger partial charge in [-0.05, 0) is 7.05 Å². The van der Waals surface area contributed by atoms with Crippen molar-refractivity contribution in [2.45, 2.75) is 6.04 Å². The maximum Gasteiger partial charge on any atom is 0.148 e. The maximum atomic E-state index is 8.75. The molecule has 1 unspecified atom stereocenters. The number of hydrogen-bond acceptors (Lipinski definition) is 6. The summed E-state index contributed by atoms with van der Waals surface area (Å²) in [6.07, 6.45) is 1.50. The monoisotopic (exact) mass is 235 g/mol. The molecule has 84 valence electrons. The molecule has 0 bridgehead atoms. The third kappa shape index (κ3) is 2.10. The van der Waals surface area contributed by atoms with Crippen molar-refractivity contribution >= 4 is 17.6 Å². The molecule has 2 heterocycles. The second-order valence-corrected chi connectivity index (χ2v) is 4.86. The van der Waals surface area contributed by atoms with Gasteiger partial charge in [0, 0.05) is 18.1 Å². The first-order valence-corrected chi connectivity index (χ1v) is 6.18. The fraction of sp³-hybridized carbons (Fsp3) is 0.500. The molecule has 0 aromatic carbocycles. The summed E-state index contributed by atoms with van der Waals surface area (Å²) in [7, 11) is 2.06. The van der Waals surface area contributed by atoms with Crippen LogP contribution in [-0.2, 0) is 0 Å². The van der Waals surface area contributed by atoms with Crippen molar-refractivity contribution in [2.24, 2.45) is 0 Å². The topological polar surface area (TPSA) is 78.8 Å². The third-order valence-corrected chi connectivity index (χ3v) is 3.67. The van der Waals surface area contributed by atoms with Gasteiger partial charge in [0.25, 0.3) is 0 Å². The van der Waals surface area contributed by atoms with E-state index in [1.165, 1.54) is 6.20 Å². The fourth-order valence-corrected chi connectivity index (χ4v) is 2.82. The van der Waals surface area contributed by atoms with Crippen molar-refractivity contribution in [1.82, 2.24) is 14.9 Å². The Kier molecular flexibility index (Phi) is 3.27. The van der Waals surface area contributed by atoms with Gasteiger partial charge in [0.2, 0.25) is 0 Å². The molecule has 1 fully saturated rings. The van der Waals surface area contributed by atoms with E-state index in [0.717, 1.165) is 18.1 Å². The van der Waals surface area contributed by atoms with E-state index in [1.54, 1.807) is 0 Å². The fourth-order valence-electron chi connectivity index (χ4n) is 1.61. The Bertz CT molecular complexity index is 428. The zero-order chi connectivity index (χ0) is 11.5. The van der Waals surface area contributed by atoms with Crippen LogP contribution in [0.4, 0.5) is 5.82 Å². The molecule has 1 aliphatic heterocycles. The predicted octanol–water partition coefficient (Wildman–Crippen LogP) is 0.650. The van der Waals surface area contributed by atoms with Crippen LogP contribution in [0.25, 0.3) is 0 Å². The molecule has 1 atom stereocenters. The number of thioether (sulfide) groups is 1. The lowest BCUT2D eigenvalue weighted by molar-refractivity contribution is 0.264. The lowest BCUT2D eigenvalue weighted by Gasteiger charge is -2.30. The summed E-state index contributed by atoms with van der Waals surface area (Å²) >= 11 is 1.89. The lowest BCUT2D eigenvalue weighted by Crippen LogP contribution is -2.34. The number of nitrogen functional groups attached to an aromatic ring is 1. The van der Waals surface area contributed by atoms with Crippen LogP contribution in [0.2, 0.25) is 0 Å². The molecular formula is C10H13N5S. The summed E-state index contributed by atoms with van der Waals surface area (Å²) in [6.45, 7) is 1.03. The molecule has 1 aromatic heterocycles. The molecule has 6 heteroatoms. The standard InChI is InChI=1S/C10H13N5S/c1-15-2-3-16-6-8(15)10-13-5-7(4-11)9(12)14-10/h5,8H,2-3,6H2,1H3,(H2,12,13,14). The van der Waals surface area contributed by atoms with Crippen molar-refractivity contribution in [3.05, 3.63) is 17.6 Å². The van der Waals surface area contributed by atoms with E-state index in [4.69, 9.17) is 11.0 Å². The van der Waals surface area contributed by atoms with Gasteiger partial charge in [-0.15, -0.1) is 0 Å². The normalized spacial score (nSPS) is 21.6.